The Morgan fingerprint density at radius 1 is 0.896 bits per heavy atom. The maximum atomic E-state index is 13.7. The molecule has 0 aromatic heterocycles. The summed E-state index contributed by atoms with van der Waals surface area (Å²) in [6.45, 7) is 6.54. The van der Waals surface area contributed by atoms with E-state index in [4.69, 9.17) is 0 Å². The van der Waals surface area contributed by atoms with E-state index in [2.05, 4.69) is 19.6 Å². The topological polar surface area (TPSA) is 57.5 Å². The van der Waals surface area contributed by atoms with Crippen LogP contribution in [0.1, 0.15) is 107 Å². The third kappa shape index (κ3) is 7.76. The van der Waals surface area contributed by atoms with Crippen molar-refractivity contribution in [2.24, 2.45) is 23.2 Å². The number of halogens is 9. The molecule has 4 rings (SSSR count). The minimum atomic E-state index is -6.90. The predicted molar refractivity (Wildman–Crippen MR) is 167 cm³/mol. The Morgan fingerprint density at radius 3 is 2.15 bits per heavy atom. The van der Waals surface area contributed by atoms with Gasteiger partial charge in [-0.3, -0.25) is 4.21 Å². The zero-order valence-electron chi connectivity index (χ0n) is 27.3. The van der Waals surface area contributed by atoms with Crippen LogP contribution in [0.2, 0.25) is 0 Å². The van der Waals surface area contributed by atoms with Crippen LogP contribution >= 0.6 is 0 Å². The normalized spacial score (nSPS) is 28.6. The van der Waals surface area contributed by atoms with Crippen molar-refractivity contribution in [1.82, 2.24) is 0 Å². The van der Waals surface area contributed by atoms with E-state index in [-0.39, 0.29) is 16.9 Å². The molecule has 3 nitrogen and oxygen atoms in total. The minimum Gasteiger partial charge on any atom is -0.508 e. The number of rotatable bonds is 16. The number of unbranched alkanes of at least 4 members (excludes halogenated alkanes) is 6. The van der Waals surface area contributed by atoms with Crippen LogP contribution in [0, 0.1) is 23.2 Å². The van der Waals surface area contributed by atoms with Crippen molar-refractivity contribution in [3.05, 3.63) is 41.5 Å². The predicted octanol–water partition coefficient (Wildman–Crippen LogP) is 10.1. The molecule has 2 N–H and O–H groups in total. The highest BCUT2D eigenvalue weighted by atomic mass is 32.2. The van der Waals surface area contributed by atoms with Crippen molar-refractivity contribution < 1.29 is 53.9 Å². The average molecular weight is 719 g/mol. The number of aliphatic hydroxyl groups excluding tert-OH is 1. The molecule has 7 atom stereocenters. The monoisotopic (exact) mass is 718 g/mol. The molecule has 3 aliphatic carbocycles. The molecular formula is C35H47F9O3S. The van der Waals surface area contributed by atoms with E-state index < -0.39 is 59.4 Å². The molecule has 2 saturated carbocycles. The van der Waals surface area contributed by atoms with Crippen molar-refractivity contribution in [2.75, 3.05) is 11.5 Å². The highest BCUT2D eigenvalue weighted by Crippen LogP contribution is 2.64. The van der Waals surface area contributed by atoms with E-state index in [0.29, 0.717) is 36.5 Å². The fourth-order valence-electron chi connectivity index (χ4n) is 8.66. The molecule has 2 fully saturated rings. The number of alkyl halides is 9. The van der Waals surface area contributed by atoms with Crippen LogP contribution in [0.15, 0.2) is 30.4 Å². The van der Waals surface area contributed by atoms with Gasteiger partial charge in [-0.25, -0.2) is 0 Å². The third-order valence-corrected chi connectivity index (χ3v) is 12.9. The smallest absolute Gasteiger partial charge is 0.460 e. The Morgan fingerprint density at radius 2 is 1.50 bits per heavy atom. The quantitative estimate of drug-likeness (QED) is 0.102. The van der Waals surface area contributed by atoms with E-state index in [0.717, 1.165) is 69.8 Å². The summed E-state index contributed by atoms with van der Waals surface area (Å²) in [7, 11) is -1.69. The molecule has 0 spiro atoms. The van der Waals surface area contributed by atoms with Crippen LogP contribution in [-0.4, -0.2) is 56.0 Å². The first-order valence-electron chi connectivity index (χ1n) is 17.0. The summed E-state index contributed by atoms with van der Waals surface area (Å²) in [4.78, 5) is 0. The Bertz CT molecular complexity index is 1300. The second-order valence-corrected chi connectivity index (χ2v) is 16.1. The van der Waals surface area contributed by atoms with Crippen LogP contribution in [0.5, 0.6) is 5.75 Å². The van der Waals surface area contributed by atoms with Gasteiger partial charge in [-0.05, 0) is 103 Å². The average Bonchev–Trinajstić information content (AvgIpc) is 3.22. The van der Waals surface area contributed by atoms with Crippen LogP contribution in [0.3, 0.4) is 0 Å². The summed E-state index contributed by atoms with van der Waals surface area (Å²) in [6, 6.07) is 5.74. The first-order valence-corrected chi connectivity index (χ1v) is 18.5. The second kappa shape index (κ2) is 14.8. The molecule has 0 saturated heterocycles. The van der Waals surface area contributed by atoms with Crippen molar-refractivity contribution in [2.45, 2.75) is 133 Å². The molecule has 1 aromatic carbocycles. The number of fused-ring (bicyclic) bond motifs is 5. The van der Waals surface area contributed by atoms with Gasteiger partial charge < -0.3 is 10.2 Å². The molecule has 0 bridgehead atoms. The van der Waals surface area contributed by atoms with Gasteiger partial charge in [0.2, 0.25) is 0 Å². The van der Waals surface area contributed by atoms with E-state index in [1.807, 2.05) is 6.07 Å². The standard InChI is InChI=1S/C35H47F9O3S/c1-22-29(46)21-28-30-23(19-24-20-25(45)12-13-26(24)27(30)14-16-31(22,28)2)11-8-6-4-3-5-7-9-17-48(47)18-10-15-32(36,37)33(38,39)34(40,41)35(42,43)44/h12-13,20,23,27-30,45-46H,1,3-11,14-19,21H2,2H3/t23?,27?,28?,29-,30?,31-,48?/m1/s1. The largest absolute Gasteiger partial charge is 0.508 e. The lowest BCUT2D eigenvalue weighted by molar-refractivity contribution is -0.396. The molecule has 5 unspecified atom stereocenters. The summed E-state index contributed by atoms with van der Waals surface area (Å²) >= 11 is 0. The van der Waals surface area contributed by atoms with Crippen molar-refractivity contribution in [3.63, 3.8) is 0 Å². The SMILES string of the molecule is C=C1[C@H](O)CC2C3C(CCCCCCCCCS(=O)CCCC(F)(F)C(F)(F)C(F)(F)C(F)(F)F)Cc4cc(O)ccc4C3CC[C@]12C. The number of phenols is 1. The molecular weight excluding hydrogens is 671 g/mol. The Labute approximate surface area is 279 Å². The first-order chi connectivity index (χ1) is 22.2. The van der Waals surface area contributed by atoms with Gasteiger partial charge in [-0.2, -0.15) is 39.5 Å². The van der Waals surface area contributed by atoms with Crippen LogP contribution in [0.4, 0.5) is 39.5 Å². The van der Waals surface area contributed by atoms with Gasteiger partial charge in [-0.1, -0.05) is 58.1 Å². The molecule has 0 heterocycles. The fourth-order valence-corrected chi connectivity index (χ4v) is 9.85. The summed E-state index contributed by atoms with van der Waals surface area (Å²) in [6.07, 6.45) is 0.612. The molecule has 1 aromatic rings. The lowest BCUT2D eigenvalue weighted by Crippen LogP contribution is -2.60. The van der Waals surface area contributed by atoms with Gasteiger partial charge in [0.25, 0.3) is 0 Å². The molecule has 0 amide bonds. The van der Waals surface area contributed by atoms with Gasteiger partial charge in [0.05, 0.1) is 6.10 Å². The Kier molecular flexibility index (Phi) is 12.1. The molecule has 0 aliphatic heterocycles. The summed E-state index contributed by atoms with van der Waals surface area (Å²) in [5, 5.41) is 20.9. The van der Waals surface area contributed by atoms with Gasteiger partial charge in [0, 0.05) is 28.7 Å². The van der Waals surface area contributed by atoms with Crippen molar-refractivity contribution in [3.8, 4) is 5.75 Å². The number of benzene rings is 1. The summed E-state index contributed by atoms with van der Waals surface area (Å²) in [5.41, 5.74) is 3.44. The van der Waals surface area contributed by atoms with Gasteiger partial charge in [0.15, 0.2) is 0 Å². The van der Waals surface area contributed by atoms with Gasteiger partial charge in [0.1, 0.15) is 5.75 Å². The van der Waals surface area contributed by atoms with E-state index in [1.165, 1.54) is 11.1 Å². The highest BCUT2D eigenvalue weighted by molar-refractivity contribution is 7.84. The first kappa shape index (κ1) is 39.0. The lowest BCUT2D eigenvalue weighted by atomic mass is 9.52. The Hall–Kier alpha value is -1.76. The molecule has 274 valence electrons. The Balaban J connectivity index is 1.15. The molecule has 3 aliphatic rings. The highest BCUT2D eigenvalue weighted by Gasteiger charge is 2.81. The summed E-state index contributed by atoms with van der Waals surface area (Å²) in [5.74, 6) is -17.6. The van der Waals surface area contributed by atoms with Gasteiger partial charge >= 0.3 is 23.9 Å². The maximum absolute atomic E-state index is 13.7. The number of phenolic OH excluding ortho intramolecular Hbond substituents is 1. The third-order valence-electron chi connectivity index (χ3n) is 11.4. The summed E-state index contributed by atoms with van der Waals surface area (Å²) < 4.78 is 129. The molecule has 0 radical (unpaired) electrons. The van der Waals surface area contributed by atoms with E-state index in [1.54, 1.807) is 6.07 Å². The maximum Gasteiger partial charge on any atom is 0.460 e. The van der Waals surface area contributed by atoms with E-state index >= 15 is 0 Å². The molecule has 48 heavy (non-hydrogen) atoms. The number of hydrogen-bond acceptors (Lipinski definition) is 3. The fraction of sp³-hybridized carbons (Fsp3) is 0.771. The second-order valence-electron chi connectivity index (χ2n) is 14.4. The van der Waals surface area contributed by atoms with Gasteiger partial charge in [-0.15, -0.1) is 0 Å². The lowest BCUT2D eigenvalue weighted by Gasteiger charge is -2.52. The zero-order valence-corrected chi connectivity index (χ0v) is 28.1. The zero-order chi connectivity index (χ0) is 35.7. The van der Waals surface area contributed by atoms with Crippen molar-refractivity contribution >= 4 is 10.8 Å². The number of aliphatic hydroxyl groups is 1. The van der Waals surface area contributed by atoms with Crippen LogP contribution in [0.25, 0.3) is 0 Å². The van der Waals surface area contributed by atoms with Crippen LogP contribution < -0.4 is 0 Å². The minimum absolute atomic E-state index is 0.0644. The molecule has 13 heteroatoms. The van der Waals surface area contributed by atoms with Crippen molar-refractivity contribution in [1.29, 1.82) is 0 Å². The number of hydrogen-bond donors (Lipinski definition) is 2. The van der Waals surface area contributed by atoms with E-state index in [9.17, 15) is 53.9 Å². The van der Waals surface area contributed by atoms with Crippen LogP contribution in [-0.2, 0) is 17.2 Å². The number of aromatic hydroxyl groups is 1.